The molecule has 7 heteroatoms. The molecule has 3 fully saturated rings. The minimum atomic E-state index is -1.40. The number of hydrogen-bond donors (Lipinski definition) is 4. The largest absolute Gasteiger partial charge is 0.381 e. The average molecular weight is 365 g/mol. The van der Waals surface area contributed by atoms with Crippen molar-refractivity contribution in [2.75, 3.05) is 0 Å². The summed E-state index contributed by atoms with van der Waals surface area (Å²) in [6.45, 7) is 2.17. The molecular weight excluding hydrogens is 334 g/mol. The third-order valence-corrected chi connectivity index (χ3v) is 6.50. The zero-order valence-electron chi connectivity index (χ0n) is 15.6. The lowest BCUT2D eigenvalue weighted by Gasteiger charge is -2.45. The number of carbonyl (C=O) groups is 3. The molecule has 3 rings (SSSR count). The summed E-state index contributed by atoms with van der Waals surface area (Å²) >= 11 is 0. The van der Waals surface area contributed by atoms with Crippen LogP contribution in [-0.4, -0.2) is 40.5 Å². The van der Waals surface area contributed by atoms with Crippen molar-refractivity contribution in [1.29, 1.82) is 0 Å². The molecule has 0 radical (unpaired) electrons. The van der Waals surface area contributed by atoms with E-state index >= 15 is 0 Å². The van der Waals surface area contributed by atoms with Crippen LogP contribution in [0.15, 0.2) is 0 Å². The lowest BCUT2D eigenvalue weighted by molar-refractivity contribution is -0.140. The molecule has 0 spiro atoms. The number of nitrogens with one attached hydrogen (secondary N) is 2. The fraction of sp³-hybridized carbons (Fsp3) is 0.842. The normalized spacial score (nSPS) is 25.6. The van der Waals surface area contributed by atoms with Crippen molar-refractivity contribution in [1.82, 2.24) is 10.6 Å². The van der Waals surface area contributed by atoms with Gasteiger partial charge in [0.1, 0.15) is 6.04 Å². The maximum Gasteiger partial charge on any atom is 0.248 e. The highest BCUT2D eigenvalue weighted by atomic mass is 16.3. The maximum absolute atomic E-state index is 13.0. The summed E-state index contributed by atoms with van der Waals surface area (Å²) in [6.07, 6.45) is 7.17. The van der Waals surface area contributed by atoms with Crippen molar-refractivity contribution in [3.8, 4) is 0 Å². The summed E-state index contributed by atoms with van der Waals surface area (Å²) in [5, 5.41) is 15.9. The first-order valence-electron chi connectivity index (χ1n) is 9.85. The Morgan fingerprint density at radius 1 is 1.12 bits per heavy atom. The van der Waals surface area contributed by atoms with Gasteiger partial charge in [-0.2, -0.15) is 0 Å². The molecule has 3 saturated carbocycles. The standard InChI is InChI=1S/C19H31N3O4/c1-18(7-2-3-8-18)11-13(21-16(25)12-5-6-12)17(26)22-19(9-4-10-19)14(23)15(20)24/h12-14,23H,2-11H2,1H3,(H2,20,24)(H,21,25)(H,22,26). The Kier molecular flexibility index (Phi) is 5.28. The summed E-state index contributed by atoms with van der Waals surface area (Å²) < 4.78 is 0. The number of nitrogens with two attached hydrogens (primary N) is 1. The molecule has 3 amide bonds. The minimum absolute atomic E-state index is 0.0237. The first-order valence-corrected chi connectivity index (χ1v) is 9.85. The van der Waals surface area contributed by atoms with E-state index in [0.29, 0.717) is 19.3 Å². The van der Waals surface area contributed by atoms with Gasteiger partial charge in [-0.3, -0.25) is 14.4 Å². The second-order valence-corrected chi connectivity index (χ2v) is 8.86. The van der Waals surface area contributed by atoms with E-state index in [1.165, 1.54) is 0 Å². The van der Waals surface area contributed by atoms with Gasteiger partial charge in [-0.25, -0.2) is 0 Å². The number of hydrogen-bond acceptors (Lipinski definition) is 4. The zero-order chi connectivity index (χ0) is 18.9. The summed E-state index contributed by atoms with van der Waals surface area (Å²) in [5.41, 5.74) is 4.31. The van der Waals surface area contributed by atoms with Gasteiger partial charge < -0.3 is 21.5 Å². The quantitative estimate of drug-likeness (QED) is 0.507. The van der Waals surface area contributed by atoms with Crippen LogP contribution in [-0.2, 0) is 14.4 Å². The Hall–Kier alpha value is -1.63. The monoisotopic (exact) mass is 365 g/mol. The molecule has 2 atom stereocenters. The topological polar surface area (TPSA) is 122 Å². The van der Waals surface area contributed by atoms with Gasteiger partial charge in [-0.15, -0.1) is 0 Å². The Labute approximate surface area is 154 Å². The van der Waals surface area contributed by atoms with Crippen LogP contribution in [0.4, 0.5) is 0 Å². The van der Waals surface area contributed by atoms with Gasteiger partial charge in [0.05, 0.1) is 5.54 Å². The number of rotatable bonds is 8. The number of aliphatic hydroxyl groups excluding tert-OH is 1. The number of primary amides is 1. The predicted molar refractivity (Wildman–Crippen MR) is 95.8 cm³/mol. The first-order chi connectivity index (χ1) is 12.2. The lowest BCUT2D eigenvalue weighted by Crippen LogP contribution is -2.67. The highest BCUT2D eigenvalue weighted by molar-refractivity contribution is 5.90. The molecule has 0 saturated heterocycles. The van der Waals surface area contributed by atoms with Crippen LogP contribution in [0.25, 0.3) is 0 Å². The number of carbonyl (C=O) groups excluding carboxylic acids is 3. The van der Waals surface area contributed by atoms with E-state index in [2.05, 4.69) is 17.6 Å². The molecule has 2 unspecified atom stereocenters. The van der Waals surface area contributed by atoms with Crippen molar-refractivity contribution in [2.24, 2.45) is 17.1 Å². The predicted octanol–water partition coefficient (Wildman–Crippen LogP) is 0.737. The highest BCUT2D eigenvalue weighted by Crippen LogP contribution is 2.42. The van der Waals surface area contributed by atoms with Crippen molar-refractivity contribution in [3.63, 3.8) is 0 Å². The van der Waals surface area contributed by atoms with Gasteiger partial charge in [-0.1, -0.05) is 19.8 Å². The van der Waals surface area contributed by atoms with E-state index < -0.39 is 23.6 Å². The van der Waals surface area contributed by atoms with Crippen molar-refractivity contribution >= 4 is 17.7 Å². The fourth-order valence-corrected chi connectivity index (χ4v) is 4.40. The highest BCUT2D eigenvalue weighted by Gasteiger charge is 2.49. The Bertz CT molecular complexity index is 577. The SMILES string of the molecule is CC1(CC(NC(=O)C2CC2)C(=O)NC2(C(O)C(N)=O)CCC2)CCCC1. The van der Waals surface area contributed by atoms with Gasteiger partial charge in [0, 0.05) is 5.92 Å². The van der Waals surface area contributed by atoms with E-state index in [1.807, 2.05) is 0 Å². The van der Waals surface area contributed by atoms with Gasteiger partial charge in [-0.05, 0) is 56.8 Å². The fourth-order valence-electron chi connectivity index (χ4n) is 4.40. The molecule has 0 aliphatic heterocycles. The summed E-state index contributed by atoms with van der Waals surface area (Å²) in [6, 6.07) is -0.635. The summed E-state index contributed by atoms with van der Waals surface area (Å²) in [4.78, 5) is 36.7. The Morgan fingerprint density at radius 2 is 1.73 bits per heavy atom. The third-order valence-electron chi connectivity index (χ3n) is 6.50. The van der Waals surface area contributed by atoms with Crippen LogP contribution in [0, 0.1) is 11.3 Å². The van der Waals surface area contributed by atoms with Crippen molar-refractivity contribution < 1.29 is 19.5 Å². The van der Waals surface area contributed by atoms with E-state index in [9.17, 15) is 19.5 Å². The molecule has 0 bridgehead atoms. The van der Waals surface area contributed by atoms with Crippen LogP contribution in [0.2, 0.25) is 0 Å². The molecule has 0 aromatic heterocycles. The molecule has 3 aliphatic rings. The van der Waals surface area contributed by atoms with Crippen LogP contribution in [0.5, 0.6) is 0 Å². The number of amides is 3. The molecule has 7 nitrogen and oxygen atoms in total. The Morgan fingerprint density at radius 3 is 2.19 bits per heavy atom. The van der Waals surface area contributed by atoms with Gasteiger partial charge in [0.25, 0.3) is 0 Å². The number of aliphatic hydroxyl groups is 1. The lowest BCUT2D eigenvalue weighted by atomic mass is 9.72. The van der Waals surface area contributed by atoms with Gasteiger partial charge in [0.15, 0.2) is 6.10 Å². The van der Waals surface area contributed by atoms with Gasteiger partial charge >= 0.3 is 0 Å². The molecule has 0 heterocycles. The van der Waals surface area contributed by atoms with E-state index in [-0.39, 0.29) is 23.1 Å². The second kappa shape index (κ2) is 7.18. The van der Waals surface area contributed by atoms with Crippen LogP contribution in [0.1, 0.15) is 71.1 Å². The molecular formula is C19H31N3O4. The molecule has 0 aromatic rings. The van der Waals surface area contributed by atoms with Gasteiger partial charge in [0.2, 0.25) is 17.7 Å². The average Bonchev–Trinajstić information content (AvgIpc) is 3.32. The van der Waals surface area contributed by atoms with Crippen LogP contribution < -0.4 is 16.4 Å². The second-order valence-electron chi connectivity index (χ2n) is 8.86. The molecule has 5 N–H and O–H groups in total. The van der Waals surface area contributed by atoms with E-state index in [0.717, 1.165) is 44.9 Å². The molecule has 3 aliphatic carbocycles. The smallest absolute Gasteiger partial charge is 0.248 e. The zero-order valence-corrected chi connectivity index (χ0v) is 15.6. The van der Waals surface area contributed by atoms with E-state index in [4.69, 9.17) is 5.73 Å². The van der Waals surface area contributed by atoms with Crippen molar-refractivity contribution in [2.45, 2.75) is 88.8 Å². The summed E-state index contributed by atoms with van der Waals surface area (Å²) in [7, 11) is 0. The molecule has 26 heavy (non-hydrogen) atoms. The first kappa shape index (κ1) is 19.1. The van der Waals surface area contributed by atoms with Crippen LogP contribution in [0.3, 0.4) is 0 Å². The Balaban J connectivity index is 1.70. The maximum atomic E-state index is 13.0. The third kappa shape index (κ3) is 4.03. The minimum Gasteiger partial charge on any atom is -0.381 e. The molecule has 146 valence electrons. The van der Waals surface area contributed by atoms with Crippen molar-refractivity contribution in [3.05, 3.63) is 0 Å². The van der Waals surface area contributed by atoms with Crippen LogP contribution >= 0.6 is 0 Å². The van der Waals surface area contributed by atoms with E-state index in [1.54, 1.807) is 0 Å². The molecule has 0 aromatic carbocycles. The summed E-state index contributed by atoms with van der Waals surface area (Å²) in [5.74, 6) is -1.18.